The number of benzene rings is 1. The molecule has 1 aromatic rings. The van der Waals surface area contributed by atoms with Crippen LogP contribution in [0.15, 0.2) is 36.9 Å². The molecule has 1 aromatic carbocycles. The summed E-state index contributed by atoms with van der Waals surface area (Å²) in [5.41, 5.74) is 0.460. The monoisotopic (exact) mass is 222 g/mol. The van der Waals surface area contributed by atoms with Gasteiger partial charge in [-0.25, -0.2) is 8.42 Å². The molecule has 0 spiro atoms. The first kappa shape index (κ1) is 13.7. The van der Waals surface area contributed by atoms with Crippen LogP contribution in [0.4, 0.5) is 0 Å². The number of hydrogen-bond acceptors (Lipinski definition) is 4. The van der Waals surface area contributed by atoms with Crippen LogP contribution < -0.4 is 29.6 Å². The first-order chi connectivity index (χ1) is 5.99. The molecule has 0 aliphatic carbocycles. The van der Waals surface area contributed by atoms with Gasteiger partial charge in [0.05, 0.1) is 0 Å². The minimum Gasteiger partial charge on any atom is -0.716 e. The zero-order valence-electron chi connectivity index (χ0n) is 7.64. The molecule has 1 rings (SSSR count). The number of hydrogen-bond donors (Lipinski definition) is 0. The van der Waals surface area contributed by atoms with Crippen molar-refractivity contribution in [3.05, 3.63) is 42.5 Å². The third-order valence-electron chi connectivity index (χ3n) is 1.30. The van der Waals surface area contributed by atoms with Crippen molar-refractivity contribution < 1.29 is 46.7 Å². The van der Waals surface area contributed by atoms with Gasteiger partial charge in [0, 0.05) is 5.56 Å². The van der Waals surface area contributed by atoms with E-state index in [9.17, 15) is 13.0 Å². The first-order valence-electron chi connectivity index (χ1n) is 3.39. The molecule has 14 heavy (non-hydrogen) atoms. The van der Waals surface area contributed by atoms with Gasteiger partial charge in [0.2, 0.25) is 0 Å². The molecule has 70 valence electrons. The molecule has 4 nitrogen and oxygen atoms in total. The Morgan fingerprint density at radius 2 is 1.79 bits per heavy atom. The Labute approximate surface area is 105 Å². The third-order valence-corrected chi connectivity index (χ3v) is 1.70. The van der Waals surface area contributed by atoms with Gasteiger partial charge in [-0.05, 0) is 0 Å². The molecule has 0 saturated heterocycles. The zero-order valence-corrected chi connectivity index (χ0v) is 10.5. The van der Waals surface area contributed by atoms with Gasteiger partial charge < -0.3 is 8.74 Å². The summed E-state index contributed by atoms with van der Waals surface area (Å²) in [4.78, 5) is 0. The predicted octanol–water partition coefficient (Wildman–Crippen LogP) is -1.86. The molecular weight excluding hydrogens is 215 g/mol. The van der Waals surface area contributed by atoms with Gasteiger partial charge in [-0.3, -0.25) is 0 Å². The van der Waals surface area contributed by atoms with Crippen LogP contribution in [0, 0.1) is 0 Å². The quantitative estimate of drug-likeness (QED) is 0.260. The summed E-state index contributed by atoms with van der Waals surface area (Å²) >= 11 is 0. The van der Waals surface area contributed by atoms with Gasteiger partial charge in [-0.15, -0.1) is 0 Å². The molecular formula is C8H7NaO4S. The second-order valence-electron chi connectivity index (χ2n) is 2.28. The minimum absolute atomic E-state index is 0. The topological polar surface area (TPSA) is 66.4 Å². The van der Waals surface area contributed by atoms with Gasteiger partial charge in [-0.1, -0.05) is 36.9 Å². The summed E-state index contributed by atoms with van der Waals surface area (Å²) in [6, 6.07) is 8.30. The Hall–Kier alpha value is -0.330. The van der Waals surface area contributed by atoms with Crippen LogP contribution in [0.2, 0.25) is 0 Å². The molecule has 0 bridgehead atoms. The Morgan fingerprint density at radius 3 is 2.21 bits per heavy atom. The summed E-state index contributed by atoms with van der Waals surface area (Å²) in [5, 5.41) is 0. The summed E-state index contributed by atoms with van der Waals surface area (Å²) < 4.78 is 34.6. The molecule has 0 aliphatic rings. The van der Waals surface area contributed by atoms with Crippen LogP contribution >= 0.6 is 0 Å². The molecule has 0 saturated carbocycles. The van der Waals surface area contributed by atoms with Crippen LogP contribution in [0.3, 0.4) is 0 Å². The minimum atomic E-state index is -4.72. The van der Waals surface area contributed by atoms with E-state index in [1.807, 2.05) is 0 Å². The smallest absolute Gasteiger partial charge is 0.716 e. The Morgan fingerprint density at radius 1 is 1.29 bits per heavy atom. The van der Waals surface area contributed by atoms with Crippen molar-refractivity contribution in [1.82, 2.24) is 0 Å². The van der Waals surface area contributed by atoms with Gasteiger partial charge >= 0.3 is 29.6 Å². The first-order valence-corrected chi connectivity index (χ1v) is 4.72. The van der Waals surface area contributed by atoms with E-state index in [0.717, 1.165) is 0 Å². The Kier molecular flexibility index (Phi) is 5.40. The van der Waals surface area contributed by atoms with Crippen molar-refractivity contribution >= 4 is 16.2 Å². The fourth-order valence-electron chi connectivity index (χ4n) is 0.795. The SMILES string of the molecule is C=C(OS(=O)(=O)[O-])c1ccccc1.[Na+]. The van der Waals surface area contributed by atoms with Gasteiger partial charge in [0.25, 0.3) is 10.4 Å². The van der Waals surface area contributed by atoms with Crippen molar-refractivity contribution in [3.63, 3.8) is 0 Å². The fraction of sp³-hybridized carbons (Fsp3) is 0. The van der Waals surface area contributed by atoms with E-state index >= 15 is 0 Å². The van der Waals surface area contributed by atoms with E-state index in [1.165, 1.54) is 0 Å². The molecule has 0 aliphatic heterocycles. The summed E-state index contributed by atoms with van der Waals surface area (Å²) in [6.07, 6.45) is 0. The largest absolute Gasteiger partial charge is 1.00 e. The predicted molar refractivity (Wildman–Crippen MR) is 46.3 cm³/mol. The van der Waals surface area contributed by atoms with Crippen LogP contribution in [0.1, 0.15) is 5.56 Å². The molecule has 0 N–H and O–H groups in total. The van der Waals surface area contributed by atoms with Gasteiger partial charge in [0.1, 0.15) is 5.76 Å². The van der Waals surface area contributed by atoms with E-state index < -0.39 is 10.4 Å². The fourth-order valence-corrected chi connectivity index (χ4v) is 1.14. The third kappa shape index (κ3) is 4.78. The van der Waals surface area contributed by atoms with Crippen molar-refractivity contribution in [2.24, 2.45) is 0 Å². The summed E-state index contributed by atoms with van der Waals surface area (Å²) in [7, 11) is -4.72. The molecule has 0 aromatic heterocycles. The summed E-state index contributed by atoms with van der Waals surface area (Å²) in [5.74, 6) is -0.171. The molecule has 0 radical (unpaired) electrons. The van der Waals surface area contributed by atoms with Crippen LogP contribution in [0.5, 0.6) is 0 Å². The van der Waals surface area contributed by atoms with E-state index in [-0.39, 0.29) is 35.3 Å². The molecule has 0 heterocycles. The number of rotatable bonds is 3. The standard InChI is InChI=1S/C8H8O4S.Na/c1-7(12-13(9,10)11)8-5-3-2-4-6-8;/h2-6H,1H2,(H,9,10,11);/q;+1/p-1. The van der Waals surface area contributed by atoms with Gasteiger partial charge in [-0.2, -0.15) is 0 Å². The van der Waals surface area contributed by atoms with Crippen molar-refractivity contribution in [1.29, 1.82) is 0 Å². The van der Waals surface area contributed by atoms with E-state index in [0.29, 0.717) is 5.56 Å². The van der Waals surface area contributed by atoms with Crippen LogP contribution in [-0.2, 0) is 14.6 Å². The zero-order chi connectivity index (χ0) is 9.90. The average molecular weight is 222 g/mol. The van der Waals surface area contributed by atoms with Crippen LogP contribution in [-0.4, -0.2) is 13.0 Å². The van der Waals surface area contributed by atoms with Crippen LogP contribution in [0.25, 0.3) is 5.76 Å². The Bertz CT molecular complexity index is 399. The van der Waals surface area contributed by atoms with Crippen molar-refractivity contribution in [2.45, 2.75) is 0 Å². The maximum Gasteiger partial charge on any atom is 1.00 e. The molecule has 0 fully saturated rings. The maximum absolute atomic E-state index is 10.2. The average Bonchev–Trinajstić information content (AvgIpc) is 2.03. The molecule has 6 heteroatoms. The molecule has 0 atom stereocenters. The van der Waals surface area contributed by atoms with Crippen molar-refractivity contribution in [2.75, 3.05) is 0 Å². The Balaban J connectivity index is 0.00000169. The van der Waals surface area contributed by atoms with Crippen molar-refractivity contribution in [3.8, 4) is 0 Å². The maximum atomic E-state index is 10.2. The molecule has 0 unspecified atom stereocenters. The molecule has 0 amide bonds. The van der Waals surface area contributed by atoms with E-state index in [2.05, 4.69) is 10.8 Å². The van der Waals surface area contributed by atoms with Gasteiger partial charge in [0.15, 0.2) is 0 Å². The normalized spacial score (nSPS) is 10.1. The summed E-state index contributed by atoms with van der Waals surface area (Å²) in [6.45, 7) is 3.31. The second kappa shape index (κ2) is 5.53. The van der Waals surface area contributed by atoms with E-state index in [1.54, 1.807) is 30.3 Å². The van der Waals surface area contributed by atoms with E-state index in [4.69, 9.17) is 0 Å². The second-order valence-corrected chi connectivity index (χ2v) is 3.26.